The molecule has 0 amide bonds. The smallest absolute Gasteiger partial charge is 0.310 e. The standard InChI is InChI=1S/C30H48O4/c1-25(2)13-15-30(24(33)34)16-14-28(5)19(20(30)17-25)7-8-22-26(3)11-10-23(32)27(4,18-31)21(26)9-12-29(22,28)6/h7,20-23,31-32H,8-18H2,1-6H3,(H,33,34)/t20?,21?,22?,23?,26-,27?,28+,29+,30+/m0/s1. The van der Waals surface area contributed by atoms with E-state index in [1.807, 2.05) is 0 Å². The Hall–Kier alpha value is -0.870. The van der Waals surface area contributed by atoms with Crippen molar-refractivity contribution >= 4 is 5.97 Å². The summed E-state index contributed by atoms with van der Waals surface area (Å²) in [4.78, 5) is 12.8. The Labute approximate surface area is 206 Å². The van der Waals surface area contributed by atoms with Crippen molar-refractivity contribution in [3.8, 4) is 0 Å². The van der Waals surface area contributed by atoms with Crippen LogP contribution in [0.2, 0.25) is 0 Å². The van der Waals surface area contributed by atoms with Crippen molar-refractivity contribution in [2.75, 3.05) is 6.61 Å². The van der Waals surface area contributed by atoms with Crippen LogP contribution in [-0.2, 0) is 4.79 Å². The second-order valence-electron chi connectivity index (χ2n) is 14.9. The SMILES string of the molecule is CC1(C)CC[C@@]2(C(=O)O)CC[C@]3(C)C(=CCC4[C@@]5(C)CCC(O)C(C)(CO)C5CC[C@]43C)C2C1. The maximum absolute atomic E-state index is 12.8. The van der Waals surface area contributed by atoms with Gasteiger partial charge in [0.05, 0.1) is 18.1 Å². The van der Waals surface area contributed by atoms with Crippen LogP contribution < -0.4 is 0 Å². The fraction of sp³-hybridized carbons (Fsp3) is 0.900. The number of hydrogen-bond donors (Lipinski definition) is 3. The second kappa shape index (κ2) is 7.34. The number of aliphatic carboxylic acids is 1. The number of carboxylic acid groups (broad SMARTS) is 1. The molecule has 4 saturated carbocycles. The number of carboxylic acids is 1. The molecule has 4 nitrogen and oxygen atoms in total. The van der Waals surface area contributed by atoms with Gasteiger partial charge in [0, 0.05) is 5.41 Å². The Bertz CT molecular complexity index is 907. The molecule has 9 atom stereocenters. The van der Waals surface area contributed by atoms with Gasteiger partial charge >= 0.3 is 5.97 Å². The number of aliphatic hydroxyl groups is 2. The number of rotatable bonds is 2. The van der Waals surface area contributed by atoms with Crippen LogP contribution in [0.3, 0.4) is 0 Å². The van der Waals surface area contributed by atoms with Gasteiger partial charge in [-0.25, -0.2) is 0 Å². The summed E-state index contributed by atoms with van der Waals surface area (Å²) < 4.78 is 0. The van der Waals surface area contributed by atoms with Crippen molar-refractivity contribution in [3.63, 3.8) is 0 Å². The summed E-state index contributed by atoms with van der Waals surface area (Å²) in [6.07, 6.45) is 11.6. The Morgan fingerprint density at radius 2 is 1.62 bits per heavy atom. The van der Waals surface area contributed by atoms with Gasteiger partial charge in [-0.2, -0.15) is 0 Å². The molecule has 0 aromatic carbocycles. The Balaban J connectivity index is 1.60. The summed E-state index contributed by atoms with van der Waals surface area (Å²) in [7, 11) is 0. The summed E-state index contributed by atoms with van der Waals surface area (Å²) in [5, 5.41) is 31.8. The molecule has 0 heterocycles. The number of aliphatic hydroxyl groups excluding tert-OH is 2. The largest absolute Gasteiger partial charge is 0.481 e. The molecule has 192 valence electrons. The highest BCUT2D eigenvalue weighted by atomic mass is 16.4. The van der Waals surface area contributed by atoms with E-state index in [0.29, 0.717) is 11.8 Å². The van der Waals surface area contributed by atoms with E-state index in [0.717, 1.165) is 64.2 Å². The topological polar surface area (TPSA) is 77.8 Å². The van der Waals surface area contributed by atoms with E-state index in [9.17, 15) is 20.1 Å². The zero-order valence-corrected chi connectivity index (χ0v) is 22.4. The van der Waals surface area contributed by atoms with E-state index in [1.54, 1.807) is 0 Å². The first kappa shape index (κ1) is 24.8. The molecule has 0 saturated heterocycles. The molecule has 0 aromatic rings. The van der Waals surface area contributed by atoms with E-state index >= 15 is 0 Å². The Morgan fingerprint density at radius 3 is 2.26 bits per heavy atom. The molecule has 0 spiro atoms. The minimum Gasteiger partial charge on any atom is -0.481 e. The average Bonchev–Trinajstić information content (AvgIpc) is 2.76. The van der Waals surface area contributed by atoms with Gasteiger partial charge < -0.3 is 15.3 Å². The lowest BCUT2D eigenvalue weighted by Crippen LogP contribution is -2.65. The highest BCUT2D eigenvalue weighted by molar-refractivity contribution is 5.76. The molecule has 0 aliphatic heterocycles. The Kier molecular flexibility index (Phi) is 5.36. The van der Waals surface area contributed by atoms with E-state index in [1.165, 1.54) is 5.57 Å². The van der Waals surface area contributed by atoms with Crippen LogP contribution in [0.4, 0.5) is 0 Å². The average molecular weight is 473 g/mol. The van der Waals surface area contributed by atoms with Crippen LogP contribution in [0.5, 0.6) is 0 Å². The van der Waals surface area contributed by atoms with Gasteiger partial charge in [0.25, 0.3) is 0 Å². The molecule has 4 fully saturated rings. The van der Waals surface area contributed by atoms with Gasteiger partial charge in [-0.15, -0.1) is 0 Å². The van der Waals surface area contributed by atoms with Gasteiger partial charge in [0.2, 0.25) is 0 Å². The molecule has 3 N–H and O–H groups in total. The van der Waals surface area contributed by atoms with Crippen molar-refractivity contribution in [1.29, 1.82) is 0 Å². The maximum atomic E-state index is 12.8. The quantitative estimate of drug-likeness (QED) is 0.418. The van der Waals surface area contributed by atoms with Crippen molar-refractivity contribution in [1.82, 2.24) is 0 Å². The number of carbonyl (C=O) groups is 1. The third kappa shape index (κ3) is 2.88. The van der Waals surface area contributed by atoms with Crippen LogP contribution in [0.1, 0.15) is 106 Å². The molecule has 5 aliphatic carbocycles. The first-order valence-electron chi connectivity index (χ1n) is 13.9. The van der Waals surface area contributed by atoms with E-state index < -0.39 is 22.9 Å². The van der Waals surface area contributed by atoms with E-state index in [2.05, 4.69) is 47.6 Å². The number of allylic oxidation sites excluding steroid dienone is 2. The molecule has 4 heteroatoms. The number of hydrogen-bond acceptors (Lipinski definition) is 3. The third-order valence-electron chi connectivity index (χ3n) is 13.2. The highest BCUT2D eigenvalue weighted by Gasteiger charge is 2.69. The lowest BCUT2D eigenvalue weighted by atomic mass is 9.33. The van der Waals surface area contributed by atoms with Crippen LogP contribution in [0.25, 0.3) is 0 Å². The lowest BCUT2D eigenvalue weighted by molar-refractivity contribution is -0.216. The molecule has 5 unspecified atom stereocenters. The Morgan fingerprint density at radius 1 is 0.941 bits per heavy atom. The first-order valence-corrected chi connectivity index (χ1v) is 13.9. The second-order valence-corrected chi connectivity index (χ2v) is 14.9. The lowest BCUT2D eigenvalue weighted by Gasteiger charge is -2.71. The monoisotopic (exact) mass is 472 g/mol. The summed E-state index contributed by atoms with van der Waals surface area (Å²) in [6, 6.07) is 0. The fourth-order valence-corrected chi connectivity index (χ4v) is 10.7. The van der Waals surface area contributed by atoms with Crippen LogP contribution in [0.15, 0.2) is 11.6 Å². The predicted octanol–water partition coefficient (Wildman–Crippen LogP) is 6.21. The van der Waals surface area contributed by atoms with Gasteiger partial charge in [0.1, 0.15) is 0 Å². The minimum absolute atomic E-state index is 0.0204. The zero-order chi connectivity index (χ0) is 24.9. The fourth-order valence-electron chi connectivity index (χ4n) is 10.7. The van der Waals surface area contributed by atoms with E-state index in [4.69, 9.17) is 0 Å². The van der Waals surface area contributed by atoms with Gasteiger partial charge in [-0.05, 0) is 104 Å². The van der Waals surface area contributed by atoms with Crippen molar-refractivity contribution in [3.05, 3.63) is 11.6 Å². The van der Waals surface area contributed by atoms with Gasteiger partial charge in [0.15, 0.2) is 0 Å². The summed E-state index contributed by atoms with van der Waals surface area (Å²) in [5.74, 6) is 0.395. The van der Waals surface area contributed by atoms with Crippen LogP contribution in [0, 0.1) is 50.2 Å². The minimum atomic E-state index is -0.588. The highest BCUT2D eigenvalue weighted by Crippen LogP contribution is 2.75. The summed E-state index contributed by atoms with van der Waals surface area (Å²) >= 11 is 0. The summed E-state index contributed by atoms with van der Waals surface area (Å²) in [5.41, 5.74) is 0.858. The van der Waals surface area contributed by atoms with Gasteiger partial charge in [-0.3, -0.25) is 4.79 Å². The predicted molar refractivity (Wildman–Crippen MR) is 134 cm³/mol. The maximum Gasteiger partial charge on any atom is 0.310 e. The summed E-state index contributed by atoms with van der Waals surface area (Å²) in [6.45, 7) is 14.3. The van der Waals surface area contributed by atoms with Crippen molar-refractivity contribution in [2.45, 2.75) is 112 Å². The molecular formula is C30H48O4. The zero-order valence-electron chi connectivity index (χ0n) is 22.4. The number of fused-ring (bicyclic) bond motifs is 7. The van der Waals surface area contributed by atoms with Crippen molar-refractivity contribution < 1.29 is 20.1 Å². The molecule has 0 bridgehead atoms. The van der Waals surface area contributed by atoms with Crippen LogP contribution in [-0.4, -0.2) is 34.0 Å². The molecule has 5 rings (SSSR count). The van der Waals surface area contributed by atoms with Crippen molar-refractivity contribution in [2.24, 2.45) is 50.2 Å². The molecular weight excluding hydrogens is 424 g/mol. The normalized spacial score (nSPS) is 54.1. The molecule has 0 radical (unpaired) electrons. The molecule has 0 aromatic heterocycles. The van der Waals surface area contributed by atoms with Gasteiger partial charge in [-0.1, -0.05) is 53.2 Å². The molecule has 34 heavy (non-hydrogen) atoms. The van der Waals surface area contributed by atoms with Crippen LogP contribution >= 0.6 is 0 Å². The third-order valence-corrected chi connectivity index (χ3v) is 13.2. The van der Waals surface area contributed by atoms with E-state index in [-0.39, 0.29) is 34.2 Å². The first-order chi connectivity index (χ1) is 15.7. The molecule has 5 aliphatic rings.